The highest BCUT2D eigenvalue weighted by Crippen LogP contribution is 2.33. The number of rotatable bonds is 4. The monoisotopic (exact) mass is 541 g/mol. The van der Waals surface area contributed by atoms with E-state index in [1.807, 2.05) is 4.90 Å². The number of hydrogen-bond donors (Lipinski definition) is 2. The maximum absolute atomic E-state index is 13.3. The van der Waals surface area contributed by atoms with Gasteiger partial charge in [0.25, 0.3) is 17.5 Å². The van der Waals surface area contributed by atoms with Crippen LogP contribution in [0.4, 0.5) is 30.2 Å². The van der Waals surface area contributed by atoms with Crippen molar-refractivity contribution >= 4 is 52.3 Å². The Labute approximate surface area is 214 Å². The molecule has 14 heteroatoms. The van der Waals surface area contributed by atoms with Crippen LogP contribution in [0.2, 0.25) is 0 Å². The number of nitrogens with two attached hydrogens (primary N) is 1. The highest BCUT2D eigenvalue weighted by molar-refractivity contribution is 7.80. The van der Waals surface area contributed by atoms with Crippen LogP contribution in [0.15, 0.2) is 48.0 Å². The zero-order chi connectivity index (χ0) is 25.3. The van der Waals surface area contributed by atoms with Gasteiger partial charge in [0.1, 0.15) is 5.57 Å². The van der Waals surface area contributed by atoms with E-state index in [1.54, 1.807) is 6.07 Å². The van der Waals surface area contributed by atoms with Crippen LogP contribution in [-0.2, 0) is 15.8 Å². The topological polar surface area (TPSA) is 112 Å². The molecule has 2 aromatic carbocycles. The van der Waals surface area contributed by atoms with E-state index in [9.17, 15) is 32.9 Å². The van der Waals surface area contributed by atoms with Gasteiger partial charge in [0.05, 0.1) is 42.4 Å². The number of carbonyl (C=O) groups is 2. The largest absolute Gasteiger partial charge is 1.00 e. The molecule has 9 nitrogen and oxygen atoms in total. The lowest BCUT2D eigenvalue weighted by Crippen LogP contribution is -3.00. The van der Waals surface area contributed by atoms with Crippen molar-refractivity contribution in [3.05, 3.63) is 69.3 Å². The summed E-state index contributed by atoms with van der Waals surface area (Å²) >= 11 is 5.06. The van der Waals surface area contributed by atoms with Gasteiger partial charge in [-0.1, -0.05) is 6.07 Å². The lowest BCUT2D eigenvalue weighted by atomic mass is 10.0. The van der Waals surface area contributed by atoms with E-state index >= 15 is 0 Å². The smallest absolute Gasteiger partial charge is 0.416 e. The van der Waals surface area contributed by atoms with Crippen molar-refractivity contribution in [3.8, 4) is 0 Å². The molecule has 0 saturated carbocycles. The first-order valence-corrected chi connectivity index (χ1v) is 10.9. The van der Waals surface area contributed by atoms with Crippen molar-refractivity contribution in [1.82, 2.24) is 5.32 Å². The quantitative estimate of drug-likeness (QED) is 0.166. The second kappa shape index (κ2) is 10.6. The van der Waals surface area contributed by atoms with Gasteiger partial charge in [-0.05, 0) is 42.6 Å². The number of halogens is 4. The molecule has 2 saturated heterocycles. The predicted octanol–water partition coefficient (Wildman–Crippen LogP) is -1.17. The highest BCUT2D eigenvalue weighted by atomic mass is 35.5. The minimum absolute atomic E-state index is 0. The van der Waals surface area contributed by atoms with E-state index in [1.165, 1.54) is 24.3 Å². The number of nitrogens with one attached hydrogen (secondary N) is 1. The minimum atomic E-state index is -4.65. The van der Waals surface area contributed by atoms with E-state index in [2.05, 4.69) is 10.6 Å². The van der Waals surface area contributed by atoms with Crippen molar-refractivity contribution < 1.29 is 45.4 Å². The second-order valence-electron chi connectivity index (χ2n) is 7.86. The van der Waals surface area contributed by atoms with Gasteiger partial charge in [-0.15, -0.1) is 0 Å². The van der Waals surface area contributed by atoms with Crippen LogP contribution in [0.25, 0.3) is 6.08 Å². The number of amides is 2. The predicted molar refractivity (Wildman–Crippen MR) is 125 cm³/mol. The number of anilines is 2. The first-order chi connectivity index (χ1) is 16.6. The van der Waals surface area contributed by atoms with E-state index in [-0.39, 0.29) is 34.5 Å². The van der Waals surface area contributed by atoms with Crippen molar-refractivity contribution in [2.75, 3.05) is 36.0 Å². The fraction of sp³-hybridized carbons (Fsp3) is 0.227. The average Bonchev–Trinajstić information content (AvgIpc) is 2.81. The fourth-order valence-corrected chi connectivity index (χ4v) is 4.20. The standard InChI is InChI=1S/C22H18F3N5O4S.ClH/c23-22(24,25)14-2-1-3-15(12-14)29-20(32)17(19(31)27-21(29)35)11-13-10-16(30(33)34)4-5-18(13)28-8-6-26-7-9-28;/h1-5,10-12,26H,6-9H2,(H,27,31,35);1H/b17-11-;. The lowest BCUT2D eigenvalue weighted by molar-refractivity contribution is -0.655. The molecular formula is C22H19ClF3N5O4S. The van der Waals surface area contributed by atoms with E-state index in [0.717, 1.165) is 36.2 Å². The third-order valence-electron chi connectivity index (χ3n) is 5.60. The Morgan fingerprint density at radius 2 is 1.81 bits per heavy atom. The molecule has 2 aliphatic rings. The molecule has 190 valence electrons. The number of carbonyl (C=O) groups excluding carboxylic acids is 2. The highest BCUT2D eigenvalue weighted by Gasteiger charge is 2.37. The zero-order valence-corrected chi connectivity index (χ0v) is 20.0. The van der Waals surface area contributed by atoms with E-state index < -0.39 is 34.1 Å². The summed E-state index contributed by atoms with van der Waals surface area (Å²) in [5.41, 5.74) is -0.964. The third-order valence-corrected chi connectivity index (χ3v) is 5.89. The number of quaternary nitrogens is 1. The number of hydrogen-bond acceptors (Lipinski definition) is 6. The summed E-state index contributed by atoms with van der Waals surface area (Å²) < 4.78 is 39.6. The average molecular weight is 542 g/mol. The summed E-state index contributed by atoms with van der Waals surface area (Å²) in [5, 5.41) is 15.4. The summed E-state index contributed by atoms with van der Waals surface area (Å²) in [7, 11) is 0. The Balaban J connectivity index is 0.00000361. The molecular weight excluding hydrogens is 523 g/mol. The molecule has 0 aliphatic carbocycles. The van der Waals surface area contributed by atoms with Gasteiger partial charge in [0, 0.05) is 23.4 Å². The molecule has 2 heterocycles. The molecule has 2 aliphatic heterocycles. The van der Waals surface area contributed by atoms with Crippen molar-refractivity contribution in [1.29, 1.82) is 0 Å². The number of thiocarbonyl (C=S) groups is 1. The molecule has 0 spiro atoms. The summed E-state index contributed by atoms with van der Waals surface area (Å²) in [6, 6.07) is 8.13. The number of alkyl halides is 3. The van der Waals surface area contributed by atoms with Crippen LogP contribution >= 0.6 is 12.2 Å². The number of nitro benzene ring substituents is 1. The summed E-state index contributed by atoms with van der Waals surface area (Å²) in [5.74, 6) is -1.80. The number of nitrogens with zero attached hydrogens (tertiary/aromatic N) is 3. The minimum Gasteiger partial charge on any atom is -1.00 e. The van der Waals surface area contributed by atoms with Crippen LogP contribution < -0.4 is 32.8 Å². The Morgan fingerprint density at radius 1 is 1.11 bits per heavy atom. The summed E-state index contributed by atoms with van der Waals surface area (Å²) in [4.78, 5) is 39.5. The van der Waals surface area contributed by atoms with Crippen LogP contribution in [-0.4, -0.2) is 48.0 Å². The summed E-state index contributed by atoms with van der Waals surface area (Å²) in [6.07, 6.45) is -3.44. The van der Waals surface area contributed by atoms with Gasteiger partial charge in [0.2, 0.25) is 0 Å². The van der Waals surface area contributed by atoms with Gasteiger partial charge < -0.3 is 22.6 Å². The molecule has 36 heavy (non-hydrogen) atoms. The van der Waals surface area contributed by atoms with Crippen LogP contribution in [0.3, 0.4) is 0 Å². The molecule has 2 aromatic rings. The first kappa shape index (κ1) is 27.0. The maximum atomic E-state index is 13.3. The molecule has 3 N–H and O–H groups in total. The molecule has 0 unspecified atom stereocenters. The maximum Gasteiger partial charge on any atom is 0.416 e. The van der Waals surface area contributed by atoms with Gasteiger partial charge in [-0.25, -0.2) is 0 Å². The van der Waals surface area contributed by atoms with Crippen molar-refractivity contribution in [3.63, 3.8) is 0 Å². The van der Waals surface area contributed by atoms with Crippen molar-refractivity contribution in [2.24, 2.45) is 0 Å². The molecule has 0 radical (unpaired) electrons. The Morgan fingerprint density at radius 3 is 2.44 bits per heavy atom. The van der Waals surface area contributed by atoms with Crippen LogP contribution in [0, 0.1) is 10.1 Å². The van der Waals surface area contributed by atoms with Crippen molar-refractivity contribution in [2.45, 2.75) is 6.18 Å². The Bertz CT molecular complexity index is 1260. The first-order valence-electron chi connectivity index (χ1n) is 10.5. The van der Waals surface area contributed by atoms with Gasteiger partial charge in [-0.3, -0.25) is 29.9 Å². The van der Waals surface area contributed by atoms with Gasteiger partial charge >= 0.3 is 6.18 Å². The zero-order valence-electron chi connectivity index (χ0n) is 18.4. The molecule has 2 amide bonds. The SMILES string of the molecule is O=C1NC(=S)N(c2cccc(C(F)(F)F)c2)C(=O)/C1=C\c1cc([N+](=O)[O-])ccc1N1CC[NH2+]CC1.[Cl-]. The fourth-order valence-electron chi connectivity index (χ4n) is 3.92. The lowest BCUT2D eigenvalue weighted by Gasteiger charge is -2.30. The van der Waals surface area contributed by atoms with Crippen LogP contribution in [0.1, 0.15) is 11.1 Å². The third kappa shape index (κ3) is 5.48. The number of piperazine rings is 1. The van der Waals surface area contributed by atoms with E-state index in [4.69, 9.17) is 12.2 Å². The second-order valence-corrected chi connectivity index (χ2v) is 8.25. The van der Waals surface area contributed by atoms with E-state index in [0.29, 0.717) is 18.8 Å². The van der Waals surface area contributed by atoms with Gasteiger partial charge in [0.15, 0.2) is 5.11 Å². The number of benzene rings is 2. The Kier molecular flexibility index (Phi) is 7.96. The normalized spacial score (nSPS) is 17.6. The molecule has 4 rings (SSSR count). The van der Waals surface area contributed by atoms with Crippen LogP contribution in [0.5, 0.6) is 0 Å². The Hall–Kier alpha value is -3.55. The molecule has 0 atom stereocenters. The molecule has 0 bridgehead atoms. The number of non-ortho nitro benzene ring substituents is 1. The molecule has 2 fully saturated rings. The van der Waals surface area contributed by atoms with Gasteiger partial charge in [-0.2, -0.15) is 13.2 Å². The molecule has 0 aromatic heterocycles. The summed E-state index contributed by atoms with van der Waals surface area (Å²) in [6.45, 7) is 2.89. The number of nitro groups is 1.